The third-order valence-electron chi connectivity index (χ3n) is 6.96. The van der Waals surface area contributed by atoms with Crippen LogP contribution < -0.4 is 5.32 Å². The van der Waals surface area contributed by atoms with Crippen molar-refractivity contribution in [3.63, 3.8) is 0 Å². The van der Waals surface area contributed by atoms with Crippen molar-refractivity contribution in [1.29, 1.82) is 0 Å². The first-order valence-electron chi connectivity index (χ1n) is 12.5. The van der Waals surface area contributed by atoms with Crippen LogP contribution in [0.5, 0.6) is 0 Å². The highest BCUT2D eigenvalue weighted by atomic mass is 32.1. The van der Waals surface area contributed by atoms with Gasteiger partial charge in [0.25, 0.3) is 0 Å². The molecule has 3 aromatic rings. The summed E-state index contributed by atoms with van der Waals surface area (Å²) in [6.45, 7) is 3.76. The van der Waals surface area contributed by atoms with E-state index in [9.17, 15) is 19.1 Å². The number of benzene rings is 1. The van der Waals surface area contributed by atoms with Gasteiger partial charge in [0.1, 0.15) is 18.1 Å². The van der Waals surface area contributed by atoms with Crippen LogP contribution in [0, 0.1) is 18.7 Å². The molecule has 1 atom stereocenters. The van der Waals surface area contributed by atoms with Gasteiger partial charge in [-0.1, -0.05) is 6.07 Å². The van der Waals surface area contributed by atoms with E-state index < -0.39 is 18.0 Å². The maximum Gasteiger partial charge on any atom is 0.357 e. The van der Waals surface area contributed by atoms with E-state index in [0.717, 1.165) is 11.3 Å². The van der Waals surface area contributed by atoms with Gasteiger partial charge in [0.15, 0.2) is 22.4 Å². The first-order valence-corrected chi connectivity index (χ1v) is 13.3. The number of ether oxygens (including phenoxy) is 1. The van der Waals surface area contributed by atoms with Crippen molar-refractivity contribution < 1.29 is 28.2 Å². The number of carboxylic acids is 1. The second-order valence-electron chi connectivity index (χ2n) is 9.32. The zero-order chi connectivity index (χ0) is 26.8. The average molecular weight is 539 g/mol. The minimum Gasteiger partial charge on any atom is -0.476 e. The normalized spacial score (nSPS) is 21.6. The van der Waals surface area contributed by atoms with Crippen molar-refractivity contribution in [2.24, 2.45) is 10.9 Å². The molecular weight excluding hydrogens is 511 g/mol. The van der Waals surface area contributed by atoms with Gasteiger partial charge >= 0.3 is 11.9 Å². The summed E-state index contributed by atoms with van der Waals surface area (Å²) in [6, 6.07) is 3.79. The lowest BCUT2D eigenvalue weighted by Gasteiger charge is -2.34. The zero-order valence-corrected chi connectivity index (χ0v) is 21.8. The first kappa shape index (κ1) is 25.8. The quantitative estimate of drug-likeness (QED) is 0.395. The number of amidine groups is 1. The highest BCUT2D eigenvalue weighted by Gasteiger charge is 2.38. The highest BCUT2D eigenvalue weighted by molar-refractivity contribution is 7.11. The number of allylic oxidation sites excluding steroid dienone is 1. The molecule has 0 spiro atoms. The number of oxazole rings is 1. The Hall–Kier alpha value is -3.86. The number of halogens is 1. The summed E-state index contributed by atoms with van der Waals surface area (Å²) in [5, 5.41) is 15.1. The molecule has 11 heteroatoms. The molecule has 2 aliphatic rings. The molecule has 3 heterocycles. The monoisotopic (exact) mass is 538 g/mol. The molecule has 5 rings (SSSR count). The molecule has 0 saturated heterocycles. The third kappa shape index (κ3) is 5.10. The topological polar surface area (TPSA) is 127 Å². The molecule has 0 radical (unpaired) electrons. The van der Waals surface area contributed by atoms with Crippen LogP contribution in [0.1, 0.15) is 77.1 Å². The molecule has 2 aromatic heterocycles. The summed E-state index contributed by atoms with van der Waals surface area (Å²) < 4.78 is 24.9. The fourth-order valence-electron chi connectivity index (χ4n) is 5.14. The van der Waals surface area contributed by atoms with Crippen molar-refractivity contribution in [1.82, 2.24) is 15.3 Å². The van der Waals surface area contributed by atoms with Gasteiger partial charge in [0.2, 0.25) is 0 Å². The predicted molar refractivity (Wildman–Crippen MR) is 137 cm³/mol. The smallest absolute Gasteiger partial charge is 0.357 e. The molecule has 2 N–H and O–H groups in total. The Labute approximate surface area is 222 Å². The van der Waals surface area contributed by atoms with Crippen LogP contribution in [0.25, 0.3) is 0 Å². The lowest BCUT2D eigenvalue weighted by Crippen LogP contribution is -2.38. The number of carboxylic acid groups (broad SMARTS) is 1. The number of rotatable bonds is 7. The molecule has 198 valence electrons. The lowest BCUT2D eigenvalue weighted by molar-refractivity contribution is -0.139. The maximum atomic E-state index is 14.0. The molecule has 1 unspecified atom stereocenters. The number of thiazole rings is 1. The number of esters is 1. The van der Waals surface area contributed by atoms with Gasteiger partial charge in [-0.25, -0.2) is 23.9 Å². The minimum atomic E-state index is -1.12. The Kier molecular flexibility index (Phi) is 7.37. The van der Waals surface area contributed by atoms with E-state index in [1.165, 1.54) is 29.7 Å². The number of aryl methyl sites for hydroxylation is 1. The Morgan fingerprint density at radius 3 is 2.63 bits per heavy atom. The van der Waals surface area contributed by atoms with Crippen molar-refractivity contribution in [2.45, 2.75) is 51.5 Å². The van der Waals surface area contributed by atoms with Gasteiger partial charge < -0.3 is 19.6 Å². The molecule has 1 aromatic carbocycles. The van der Waals surface area contributed by atoms with Crippen LogP contribution >= 0.6 is 11.3 Å². The van der Waals surface area contributed by atoms with Gasteiger partial charge in [-0.3, -0.25) is 4.99 Å². The van der Waals surface area contributed by atoms with Gasteiger partial charge in [0.05, 0.1) is 12.2 Å². The number of aromatic nitrogens is 2. The number of carbonyl (C=O) groups is 2. The molecule has 0 amide bonds. The molecular formula is C27H27FN4O5S. The second-order valence-corrected chi connectivity index (χ2v) is 10.2. The first-order chi connectivity index (χ1) is 18.4. The molecule has 0 bridgehead atoms. The summed E-state index contributed by atoms with van der Waals surface area (Å²) in [4.78, 5) is 38.0. The van der Waals surface area contributed by atoms with E-state index in [0.29, 0.717) is 53.6 Å². The van der Waals surface area contributed by atoms with Gasteiger partial charge in [-0.2, -0.15) is 0 Å². The van der Waals surface area contributed by atoms with Gasteiger partial charge in [0, 0.05) is 23.2 Å². The minimum absolute atomic E-state index is 0.0168. The van der Waals surface area contributed by atoms with Crippen LogP contribution in [-0.2, 0) is 9.53 Å². The summed E-state index contributed by atoms with van der Waals surface area (Å²) in [7, 11) is 0. The number of hydrogen-bond acceptors (Lipinski definition) is 9. The summed E-state index contributed by atoms with van der Waals surface area (Å²) in [6.07, 6.45) is 5.69. The fourth-order valence-corrected chi connectivity index (χ4v) is 5.73. The van der Waals surface area contributed by atoms with E-state index in [1.807, 2.05) is 5.38 Å². The predicted octanol–water partition coefficient (Wildman–Crippen LogP) is 5.16. The highest BCUT2D eigenvalue weighted by Crippen LogP contribution is 2.43. The SMILES string of the molecule is CCOC(=O)C1=C([C@H]2CC[C@H](c3nc(C(=O)O)co3)CC2)NC(c2nccs2)=NC1c1ccc(F)cc1C. The number of nitrogens with zero attached hydrogens (tertiary/aromatic N) is 3. The number of hydrogen-bond donors (Lipinski definition) is 2. The van der Waals surface area contributed by atoms with Gasteiger partial charge in [-0.05, 0) is 68.7 Å². The molecule has 1 fully saturated rings. The van der Waals surface area contributed by atoms with Crippen LogP contribution in [0.15, 0.2) is 56.7 Å². The van der Waals surface area contributed by atoms with Crippen molar-refractivity contribution in [3.8, 4) is 0 Å². The molecule has 1 saturated carbocycles. The van der Waals surface area contributed by atoms with E-state index in [2.05, 4.69) is 15.3 Å². The van der Waals surface area contributed by atoms with Gasteiger partial charge in [-0.15, -0.1) is 11.3 Å². The standard InChI is InChI=1S/C27H27FN4O5S/c1-3-36-27(35)20-21(15-4-6-16(7-5-15)24-30-19(13-37-24)26(33)34)31-23(25-29-10-11-38-25)32-22(20)18-9-8-17(28)12-14(18)2/h8-13,15-16,22H,3-7H2,1-2H3,(H,31,32)(H,33,34)/t15-,16-,22?. The number of aromatic carboxylic acids is 1. The Morgan fingerprint density at radius 2 is 2.00 bits per heavy atom. The summed E-state index contributed by atoms with van der Waals surface area (Å²) >= 11 is 1.43. The third-order valence-corrected chi connectivity index (χ3v) is 7.74. The number of nitrogens with one attached hydrogen (secondary N) is 1. The summed E-state index contributed by atoms with van der Waals surface area (Å²) in [5.74, 6) is -1.01. The largest absolute Gasteiger partial charge is 0.476 e. The van der Waals surface area contributed by atoms with Crippen molar-refractivity contribution in [2.75, 3.05) is 6.61 Å². The molecule has 38 heavy (non-hydrogen) atoms. The maximum absolute atomic E-state index is 14.0. The van der Waals surface area contributed by atoms with E-state index in [-0.39, 0.29) is 30.0 Å². The van der Waals surface area contributed by atoms with E-state index in [1.54, 1.807) is 26.1 Å². The Morgan fingerprint density at radius 1 is 1.24 bits per heavy atom. The van der Waals surface area contributed by atoms with Crippen LogP contribution in [0.2, 0.25) is 0 Å². The Bertz CT molecular complexity index is 1410. The molecule has 1 aliphatic carbocycles. The van der Waals surface area contributed by atoms with Crippen molar-refractivity contribution >= 4 is 29.1 Å². The Balaban J connectivity index is 1.52. The average Bonchev–Trinajstić information content (AvgIpc) is 3.61. The number of aliphatic imine (C=N–C) groups is 1. The van der Waals surface area contributed by atoms with E-state index >= 15 is 0 Å². The summed E-state index contributed by atoms with van der Waals surface area (Å²) in [5.41, 5.74) is 2.44. The second kappa shape index (κ2) is 10.9. The van der Waals surface area contributed by atoms with E-state index in [4.69, 9.17) is 14.1 Å². The zero-order valence-electron chi connectivity index (χ0n) is 20.9. The number of carbonyl (C=O) groups excluding carboxylic acids is 1. The van der Waals surface area contributed by atoms with Crippen molar-refractivity contribution in [3.05, 3.63) is 80.8 Å². The van der Waals surface area contributed by atoms with Crippen LogP contribution in [0.3, 0.4) is 0 Å². The molecule has 9 nitrogen and oxygen atoms in total. The molecule has 1 aliphatic heterocycles. The lowest BCUT2D eigenvalue weighted by atomic mass is 9.77. The fraction of sp³-hybridized carbons (Fsp3) is 0.370. The van der Waals surface area contributed by atoms with Crippen LogP contribution in [-0.4, -0.2) is 39.5 Å². The van der Waals surface area contributed by atoms with Crippen LogP contribution in [0.4, 0.5) is 4.39 Å².